The van der Waals surface area contributed by atoms with Gasteiger partial charge in [0.25, 0.3) is 0 Å². The molecule has 1 aliphatic rings. The van der Waals surface area contributed by atoms with E-state index in [9.17, 15) is 0 Å². The summed E-state index contributed by atoms with van der Waals surface area (Å²) in [6.45, 7) is 8.28. The lowest BCUT2D eigenvalue weighted by atomic mass is 10.1. The summed E-state index contributed by atoms with van der Waals surface area (Å²) in [7, 11) is 0. The van der Waals surface area contributed by atoms with Gasteiger partial charge in [-0.1, -0.05) is 38.2 Å². The molecule has 0 saturated heterocycles. The second-order valence-corrected chi connectivity index (χ2v) is 2.41. The first-order valence-corrected chi connectivity index (χ1v) is 4.31. The first-order chi connectivity index (χ1) is 5.30. The van der Waals surface area contributed by atoms with Gasteiger partial charge in [-0.2, -0.15) is 0 Å². The normalized spacial score (nSPS) is 15.6. The van der Waals surface area contributed by atoms with Crippen LogP contribution in [0.2, 0.25) is 0 Å². The summed E-state index contributed by atoms with van der Waals surface area (Å²) in [5.41, 5.74) is 2.76. The van der Waals surface area contributed by atoms with Crippen LogP contribution in [0.25, 0.3) is 0 Å². The van der Waals surface area contributed by atoms with Crippen LogP contribution in [0.4, 0.5) is 0 Å². The third-order valence-electron chi connectivity index (χ3n) is 1.63. The van der Waals surface area contributed by atoms with Crippen molar-refractivity contribution in [3.05, 3.63) is 35.5 Å². The molecule has 0 saturated carbocycles. The lowest BCUT2D eigenvalue weighted by Gasteiger charge is -1.92. The molecule has 0 aromatic carbocycles. The SMILES string of the molecule is CC.CC1=C(C)C=CCC=C1. The molecule has 0 radical (unpaired) electrons. The van der Waals surface area contributed by atoms with E-state index in [1.54, 1.807) is 0 Å². The molecule has 0 N–H and O–H groups in total. The van der Waals surface area contributed by atoms with E-state index in [1.807, 2.05) is 13.8 Å². The molecule has 0 heterocycles. The second kappa shape index (κ2) is 5.96. The van der Waals surface area contributed by atoms with Crippen molar-refractivity contribution in [2.75, 3.05) is 0 Å². The fourth-order valence-corrected chi connectivity index (χ4v) is 0.831. The van der Waals surface area contributed by atoms with Gasteiger partial charge in [0.2, 0.25) is 0 Å². The summed E-state index contributed by atoms with van der Waals surface area (Å²) < 4.78 is 0. The summed E-state index contributed by atoms with van der Waals surface area (Å²) in [6, 6.07) is 0. The van der Waals surface area contributed by atoms with E-state index in [4.69, 9.17) is 0 Å². The number of hydrogen-bond acceptors (Lipinski definition) is 0. The monoisotopic (exact) mass is 150 g/mol. The average Bonchev–Trinajstić information content (AvgIpc) is 2.22. The minimum absolute atomic E-state index is 1.08. The smallest absolute Gasteiger partial charge is 0.0163 e. The van der Waals surface area contributed by atoms with Gasteiger partial charge in [0.1, 0.15) is 0 Å². The van der Waals surface area contributed by atoms with Gasteiger partial charge >= 0.3 is 0 Å². The van der Waals surface area contributed by atoms with Crippen molar-refractivity contribution in [1.82, 2.24) is 0 Å². The van der Waals surface area contributed by atoms with E-state index >= 15 is 0 Å². The molecule has 0 aromatic heterocycles. The zero-order valence-electron chi connectivity index (χ0n) is 8.02. The zero-order chi connectivity index (χ0) is 8.69. The van der Waals surface area contributed by atoms with Crippen LogP contribution in [0.15, 0.2) is 35.5 Å². The maximum Gasteiger partial charge on any atom is -0.0163 e. The van der Waals surface area contributed by atoms with Crippen LogP contribution in [-0.4, -0.2) is 0 Å². The van der Waals surface area contributed by atoms with Gasteiger partial charge in [-0.25, -0.2) is 0 Å². The molecule has 0 aliphatic heterocycles. The molecule has 0 heteroatoms. The van der Waals surface area contributed by atoms with Crippen LogP contribution in [0.1, 0.15) is 34.1 Å². The van der Waals surface area contributed by atoms with Crippen molar-refractivity contribution in [3.8, 4) is 0 Å². The van der Waals surface area contributed by atoms with Crippen molar-refractivity contribution in [2.45, 2.75) is 34.1 Å². The minimum atomic E-state index is 1.08. The van der Waals surface area contributed by atoms with Crippen LogP contribution >= 0.6 is 0 Å². The molecule has 0 unspecified atom stereocenters. The Morgan fingerprint density at radius 1 is 0.909 bits per heavy atom. The molecule has 0 aromatic rings. The van der Waals surface area contributed by atoms with Crippen LogP contribution in [0.3, 0.4) is 0 Å². The lowest BCUT2D eigenvalue weighted by molar-refractivity contribution is 1.39. The Morgan fingerprint density at radius 3 is 1.64 bits per heavy atom. The highest BCUT2D eigenvalue weighted by molar-refractivity contribution is 5.32. The summed E-state index contributed by atoms with van der Waals surface area (Å²) in [6.07, 6.45) is 9.80. The molecule has 0 bridgehead atoms. The quantitative estimate of drug-likeness (QED) is 0.492. The summed E-state index contributed by atoms with van der Waals surface area (Å²) in [4.78, 5) is 0. The van der Waals surface area contributed by atoms with Crippen LogP contribution in [0.5, 0.6) is 0 Å². The highest BCUT2D eigenvalue weighted by Gasteiger charge is 1.89. The lowest BCUT2D eigenvalue weighted by Crippen LogP contribution is -1.71. The Kier molecular flexibility index (Phi) is 5.54. The van der Waals surface area contributed by atoms with Gasteiger partial charge in [-0.3, -0.25) is 0 Å². The van der Waals surface area contributed by atoms with Gasteiger partial charge in [-0.05, 0) is 31.4 Å². The Labute approximate surface area is 70.3 Å². The number of allylic oxidation sites excluding steroid dienone is 6. The van der Waals surface area contributed by atoms with Gasteiger partial charge in [0.05, 0.1) is 0 Å². The summed E-state index contributed by atoms with van der Waals surface area (Å²) >= 11 is 0. The van der Waals surface area contributed by atoms with E-state index in [0.717, 1.165) is 6.42 Å². The van der Waals surface area contributed by atoms with Crippen molar-refractivity contribution >= 4 is 0 Å². The van der Waals surface area contributed by atoms with Gasteiger partial charge in [-0.15, -0.1) is 0 Å². The molecule has 0 nitrogen and oxygen atoms in total. The third-order valence-corrected chi connectivity index (χ3v) is 1.63. The van der Waals surface area contributed by atoms with E-state index in [-0.39, 0.29) is 0 Å². The maximum atomic E-state index is 2.18. The van der Waals surface area contributed by atoms with Gasteiger partial charge in [0.15, 0.2) is 0 Å². The molecule has 0 fully saturated rings. The van der Waals surface area contributed by atoms with Crippen LogP contribution in [-0.2, 0) is 0 Å². The molecule has 1 aliphatic carbocycles. The molecule has 11 heavy (non-hydrogen) atoms. The standard InChI is InChI=1S/C9H12.C2H6/c1-8-6-4-3-5-7-9(8)2;1-2/h4-7H,3H2,1-2H3;1-2H3. The Morgan fingerprint density at radius 2 is 1.27 bits per heavy atom. The Bertz CT molecular complexity index is 160. The molecule has 1 rings (SSSR count). The maximum absolute atomic E-state index is 2.18. The van der Waals surface area contributed by atoms with E-state index in [1.165, 1.54) is 11.1 Å². The summed E-state index contributed by atoms with van der Waals surface area (Å²) in [5, 5.41) is 0. The van der Waals surface area contributed by atoms with Crippen molar-refractivity contribution in [1.29, 1.82) is 0 Å². The minimum Gasteiger partial charge on any atom is -0.0805 e. The van der Waals surface area contributed by atoms with Gasteiger partial charge < -0.3 is 0 Å². The van der Waals surface area contributed by atoms with Crippen LogP contribution in [0, 0.1) is 0 Å². The average molecular weight is 150 g/mol. The first-order valence-electron chi connectivity index (χ1n) is 4.31. The van der Waals surface area contributed by atoms with E-state index in [2.05, 4.69) is 38.2 Å². The van der Waals surface area contributed by atoms with Crippen molar-refractivity contribution < 1.29 is 0 Å². The van der Waals surface area contributed by atoms with Crippen molar-refractivity contribution in [3.63, 3.8) is 0 Å². The van der Waals surface area contributed by atoms with Crippen molar-refractivity contribution in [2.24, 2.45) is 0 Å². The van der Waals surface area contributed by atoms with E-state index in [0.29, 0.717) is 0 Å². The Hall–Kier alpha value is -0.780. The second-order valence-electron chi connectivity index (χ2n) is 2.41. The largest absolute Gasteiger partial charge is 0.0805 e. The highest BCUT2D eigenvalue weighted by Crippen LogP contribution is 2.10. The Balaban J connectivity index is 0.000000461. The zero-order valence-corrected chi connectivity index (χ0v) is 8.02. The predicted octanol–water partition coefficient (Wildman–Crippen LogP) is 3.87. The van der Waals surface area contributed by atoms with E-state index < -0.39 is 0 Å². The fraction of sp³-hybridized carbons (Fsp3) is 0.455. The molecule has 62 valence electrons. The molecule has 0 amide bonds. The molecular weight excluding hydrogens is 132 g/mol. The molecular formula is C11H18. The number of hydrogen-bond donors (Lipinski definition) is 0. The predicted molar refractivity (Wildman–Crippen MR) is 52.6 cm³/mol. The molecule has 0 spiro atoms. The van der Waals surface area contributed by atoms with Gasteiger partial charge in [0, 0.05) is 0 Å². The number of rotatable bonds is 0. The third kappa shape index (κ3) is 3.82. The fourth-order valence-electron chi connectivity index (χ4n) is 0.831. The topological polar surface area (TPSA) is 0 Å². The summed E-state index contributed by atoms with van der Waals surface area (Å²) in [5.74, 6) is 0. The first kappa shape index (κ1) is 10.2. The highest BCUT2D eigenvalue weighted by atomic mass is 14.0. The molecule has 0 atom stereocenters. The van der Waals surface area contributed by atoms with Crippen LogP contribution < -0.4 is 0 Å².